The molecule has 5 aliphatic rings. The highest BCUT2D eigenvalue weighted by Gasteiger charge is 2.66. The fourth-order valence-corrected chi connectivity index (χ4v) is 6.32. The number of fused-ring (bicyclic) bond motifs is 11. The first-order valence-corrected chi connectivity index (χ1v) is 7.06. The van der Waals surface area contributed by atoms with Gasteiger partial charge in [-0.3, -0.25) is 4.79 Å². The Balaban J connectivity index is 1.65. The quantitative estimate of drug-likeness (QED) is 0.567. The molecule has 0 aromatic rings. The highest BCUT2D eigenvalue weighted by Crippen LogP contribution is 2.67. The number of allylic oxidation sites excluding steroid dienone is 2. The van der Waals surface area contributed by atoms with E-state index in [1.165, 1.54) is 25.7 Å². The summed E-state index contributed by atoms with van der Waals surface area (Å²) in [6.07, 6.45) is 10.3. The van der Waals surface area contributed by atoms with E-state index >= 15 is 0 Å². The Kier molecular flexibility index (Phi) is 1.31. The minimum absolute atomic E-state index is 0.466. The van der Waals surface area contributed by atoms with Crippen LogP contribution in [0.15, 0.2) is 12.2 Å². The second-order valence-electron chi connectivity index (χ2n) is 6.89. The summed E-state index contributed by atoms with van der Waals surface area (Å²) in [6.45, 7) is 0. The second-order valence-corrected chi connectivity index (χ2v) is 6.89. The average molecular weight is 214 g/mol. The van der Waals surface area contributed by atoms with E-state index in [1.54, 1.807) is 0 Å². The summed E-state index contributed by atoms with van der Waals surface area (Å²) in [7, 11) is 0. The first-order chi connectivity index (χ1) is 7.84. The minimum Gasteiger partial charge on any atom is -0.299 e. The first-order valence-electron chi connectivity index (χ1n) is 7.06. The van der Waals surface area contributed by atoms with Crippen molar-refractivity contribution >= 4 is 5.78 Å². The van der Waals surface area contributed by atoms with Crippen LogP contribution in [0.3, 0.4) is 0 Å². The van der Waals surface area contributed by atoms with Crippen LogP contribution in [0.25, 0.3) is 0 Å². The first kappa shape index (κ1) is 8.49. The van der Waals surface area contributed by atoms with E-state index in [0.29, 0.717) is 23.5 Å². The van der Waals surface area contributed by atoms with Crippen LogP contribution in [-0.2, 0) is 4.79 Å². The Morgan fingerprint density at radius 2 is 1.69 bits per heavy atom. The van der Waals surface area contributed by atoms with Gasteiger partial charge in [-0.1, -0.05) is 12.2 Å². The number of Topliss-reactive ketones (excluding diaryl/α,β-unsaturated/α-hetero) is 1. The number of carbonyl (C=O) groups is 1. The van der Waals surface area contributed by atoms with E-state index in [4.69, 9.17) is 0 Å². The van der Waals surface area contributed by atoms with E-state index < -0.39 is 0 Å². The second kappa shape index (κ2) is 2.47. The molecule has 1 heteroatoms. The van der Waals surface area contributed by atoms with Crippen molar-refractivity contribution in [3.63, 3.8) is 0 Å². The van der Waals surface area contributed by atoms with Crippen LogP contribution < -0.4 is 0 Å². The van der Waals surface area contributed by atoms with E-state index in [1.807, 2.05) is 0 Å². The van der Waals surface area contributed by atoms with Crippen LogP contribution in [0, 0.1) is 47.3 Å². The zero-order valence-electron chi connectivity index (χ0n) is 9.51. The lowest BCUT2D eigenvalue weighted by Gasteiger charge is -2.30. The fraction of sp³-hybridized carbons (Fsp3) is 0.800. The molecule has 0 aliphatic heterocycles. The Bertz CT molecular complexity index is 410. The smallest absolute Gasteiger partial charge is 0.140 e. The van der Waals surface area contributed by atoms with Gasteiger partial charge in [0, 0.05) is 11.8 Å². The highest BCUT2D eigenvalue weighted by atomic mass is 16.1. The van der Waals surface area contributed by atoms with Crippen molar-refractivity contribution in [2.24, 2.45) is 47.3 Å². The summed E-state index contributed by atoms with van der Waals surface area (Å²) < 4.78 is 0. The molecule has 4 fully saturated rings. The number of hydrogen-bond acceptors (Lipinski definition) is 1. The number of rotatable bonds is 0. The van der Waals surface area contributed by atoms with Gasteiger partial charge in [-0.25, -0.2) is 0 Å². The molecule has 8 atom stereocenters. The zero-order chi connectivity index (χ0) is 10.4. The van der Waals surface area contributed by atoms with Crippen LogP contribution in [0.1, 0.15) is 25.7 Å². The van der Waals surface area contributed by atoms with E-state index in [9.17, 15) is 4.79 Å². The molecule has 0 saturated heterocycles. The third kappa shape index (κ3) is 0.724. The predicted octanol–water partition coefficient (Wildman–Crippen LogP) is 2.67. The summed E-state index contributed by atoms with van der Waals surface area (Å²) in [5, 5.41) is 0. The molecule has 0 aromatic heterocycles. The monoisotopic (exact) mass is 214 g/mol. The molecule has 0 radical (unpaired) electrons. The molecule has 0 amide bonds. The normalized spacial score (nSPS) is 64.4. The summed E-state index contributed by atoms with van der Waals surface area (Å²) in [5.74, 6) is 6.43. The topological polar surface area (TPSA) is 17.1 Å². The molecule has 5 aliphatic carbocycles. The van der Waals surface area contributed by atoms with E-state index in [0.717, 1.165) is 29.6 Å². The molecule has 16 heavy (non-hydrogen) atoms. The van der Waals surface area contributed by atoms with Gasteiger partial charge in [0.25, 0.3) is 0 Å². The number of carbonyl (C=O) groups excluding carboxylic acids is 1. The van der Waals surface area contributed by atoms with Crippen LogP contribution in [-0.4, -0.2) is 5.78 Å². The fourth-order valence-electron chi connectivity index (χ4n) is 6.32. The van der Waals surface area contributed by atoms with Gasteiger partial charge in [0.05, 0.1) is 0 Å². The molecule has 0 heterocycles. The van der Waals surface area contributed by atoms with Crippen molar-refractivity contribution in [3.8, 4) is 0 Å². The maximum absolute atomic E-state index is 12.6. The van der Waals surface area contributed by atoms with Crippen molar-refractivity contribution in [2.45, 2.75) is 25.7 Å². The molecule has 84 valence electrons. The van der Waals surface area contributed by atoms with Gasteiger partial charge in [-0.2, -0.15) is 0 Å². The largest absolute Gasteiger partial charge is 0.299 e. The molecule has 1 nitrogen and oxygen atoms in total. The number of hydrogen-bond donors (Lipinski definition) is 0. The molecule has 5 rings (SSSR count). The van der Waals surface area contributed by atoms with E-state index in [2.05, 4.69) is 12.2 Å². The zero-order valence-corrected chi connectivity index (χ0v) is 9.51. The van der Waals surface area contributed by atoms with Crippen molar-refractivity contribution in [2.75, 3.05) is 0 Å². The van der Waals surface area contributed by atoms with Crippen LogP contribution in [0.5, 0.6) is 0 Å². The van der Waals surface area contributed by atoms with Gasteiger partial charge in [0.1, 0.15) is 5.78 Å². The van der Waals surface area contributed by atoms with Crippen molar-refractivity contribution in [1.82, 2.24) is 0 Å². The Hall–Kier alpha value is -0.590. The minimum atomic E-state index is 0.466. The van der Waals surface area contributed by atoms with Gasteiger partial charge >= 0.3 is 0 Å². The lowest BCUT2D eigenvalue weighted by atomic mass is 9.73. The molecule has 0 aromatic carbocycles. The third-order valence-electron chi connectivity index (χ3n) is 6.60. The standard InChI is InChI=1S/C15H18O/c16-15-13-9-3-1-7(5-9)11(13)12-8-2-4-10(6-8)14(12)15/h1,3,7-14H,2,4-6H2. The van der Waals surface area contributed by atoms with Crippen molar-refractivity contribution in [3.05, 3.63) is 12.2 Å². The van der Waals surface area contributed by atoms with Gasteiger partial charge < -0.3 is 0 Å². The Morgan fingerprint density at radius 1 is 0.875 bits per heavy atom. The van der Waals surface area contributed by atoms with Gasteiger partial charge in [0.15, 0.2) is 0 Å². The molecule has 4 bridgehead atoms. The summed E-state index contributed by atoms with van der Waals surface area (Å²) >= 11 is 0. The summed E-state index contributed by atoms with van der Waals surface area (Å²) in [6, 6.07) is 0. The molecular weight excluding hydrogens is 196 g/mol. The van der Waals surface area contributed by atoms with Crippen molar-refractivity contribution in [1.29, 1.82) is 0 Å². The SMILES string of the molecule is O=C1C2C3C=CC(C3)C2C2C3CCC(C3)C12. The van der Waals surface area contributed by atoms with E-state index in [-0.39, 0.29) is 0 Å². The van der Waals surface area contributed by atoms with Crippen LogP contribution in [0.4, 0.5) is 0 Å². The van der Waals surface area contributed by atoms with Crippen molar-refractivity contribution < 1.29 is 4.79 Å². The summed E-state index contributed by atoms with van der Waals surface area (Å²) in [4.78, 5) is 12.6. The van der Waals surface area contributed by atoms with Gasteiger partial charge in [-0.05, 0) is 61.2 Å². The number of ketones is 1. The lowest BCUT2D eigenvalue weighted by molar-refractivity contribution is -0.126. The summed E-state index contributed by atoms with van der Waals surface area (Å²) in [5.41, 5.74) is 0. The Labute approximate surface area is 96.3 Å². The Morgan fingerprint density at radius 3 is 2.62 bits per heavy atom. The molecular formula is C15H18O. The van der Waals surface area contributed by atoms with Crippen LogP contribution in [0.2, 0.25) is 0 Å². The molecule has 8 unspecified atom stereocenters. The highest BCUT2D eigenvalue weighted by molar-refractivity contribution is 5.88. The maximum Gasteiger partial charge on any atom is 0.140 e. The van der Waals surface area contributed by atoms with Gasteiger partial charge in [0.2, 0.25) is 0 Å². The molecule has 4 saturated carbocycles. The predicted molar refractivity (Wildman–Crippen MR) is 60.5 cm³/mol. The maximum atomic E-state index is 12.6. The van der Waals surface area contributed by atoms with Crippen LogP contribution >= 0.6 is 0 Å². The molecule has 0 spiro atoms. The lowest BCUT2D eigenvalue weighted by Crippen LogP contribution is -2.26. The third-order valence-corrected chi connectivity index (χ3v) is 6.60. The van der Waals surface area contributed by atoms with Gasteiger partial charge in [-0.15, -0.1) is 0 Å². The average Bonchev–Trinajstić information content (AvgIpc) is 2.98. The molecule has 0 N–H and O–H groups in total.